The number of benzene rings is 2. The van der Waals surface area contributed by atoms with Gasteiger partial charge in [-0.3, -0.25) is 9.48 Å². The topological polar surface area (TPSA) is 60.1 Å². The molecule has 0 bridgehead atoms. The summed E-state index contributed by atoms with van der Waals surface area (Å²) < 4.78 is 7.88. The van der Waals surface area contributed by atoms with Gasteiger partial charge in [0, 0.05) is 24.5 Å². The third-order valence-corrected chi connectivity index (χ3v) is 5.11. The van der Waals surface area contributed by atoms with Gasteiger partial charge in [0.05, 0.1) is 6.54 Å². The molecule has 146 valence electrons. The number of aryl methyl sites for hydroxylation is 1. The minimum Gasteiger partial charge on any atom is -0.444 e. The average molecular weight is 450 g/mol. The lowest BCUT2D eigenvalue weighted by Gasteiger charge is -2.11. The molecule has 4 rings (SSSR count). The van der Waals surface area contributed by atoms with Gasteiger partial charge >= 0.3 is 0 Å². The number of rotatable bonds is 6. The van der Waals surface area contributed by atoms with Crippen molar-refractivity contribution < 1.29 is 9.21 Å². The van der Waals surface area contributed by atoms with Crippen LogP contribution in [0.25, 0.3) is 11.1 Å². The summed E-state index contributed by atoms with van der Waals surface area (Å²) in [6.45, 7) is 3.01. The molecule has 0 unspecified atom stereocenters. The van der Waals surface area contributed by atoms with Gasteiger partial charge in [0.25, 0.3) is 5.91 Å². The maximum atomic E-state index is 12.5. The van der Waals surface area contributed by atoms with E-state index in [0.717, 1.165) is 28.8 Å². The van der Waals surface area contributed by atoms with E-state index in [9.17, 15) is 4.79 Å². The van der Waals surface area contributed by atoms with E-state index in [2.05, 4.69) is 56.7 Å². The molecule has 0 aliphatic rings. The smallest absolute Gasteiger partial charge is 0.287 e. The Balaban J connectivity index is 1.49. The largest absolute Gasteiger partial charge is 0.444 e. The van der Waals surface area contributed by atoms with Crippen molar-refractivity contribution in [3.8, 4) is 11.1 Å². The van der Waals surface area contributed by atoms with Crippen LogP contribution in [0, 0.1) is 6.92 Å². The zero-order chi connectivity index (χ0) is 20.2. The number of carbonyl (C=O) groups is 1. The molecule has 5 nitrogen and oxygen atoms in total. The summed E-state index contributed by atoms with van der Waals surface area (Å²) in [7, 11) is 0. The summed E-state index contributed by atoms with van der Waals surface area (Å²) in [6, 6.07) is 20.2. The number of nitrogens with zero attached hydrogens (tertiary/aromatic N) is 2. The van der Waals surface area contributed by atoms with E-state index in [0.29, 0.717) is 17.0 Å². The number of furan rings is 1. The molecule has 1 N–H and O–H groups in total. The number of hydrogen-bond donors (Lipinski definition) is 1. The fraction of sp³-hybridized carbons (Fsp3) is 0.130. The number of halogens is 1. The van der Waals surface area contributed by atoms with Gasteiger partial charge in [0.15, 0.2) is 10.4 Å². The Kier molecular flexibility index (Phi) is 5.62. The molecular weight excluding hydrogens is 430 g/mol. The first-order valence-electron chi connectivity index (χ1n) is 9.29. The molecule has 0 saturated heterocycles. The molecule has 0 radical (unpaired) electrons. The highest BCUT2D eigenvalue weighted by Gasteiger charge is 2.15. The zero-order valence-electron chi connectivity index (χ0n) is 15.9. The molecule has 0 aliphatic heterocycles. The van der Waals surface area contributed by atoms with Crippen LogP contribution < -0.4 is 5.32 Å². The van der Waals surface area contributed by atoms with Crippen molar-refractivity contribution >= 4 is 21.8 Å². The molecule has 4 aromatic rings. The molecule has 0 fully saturated rings. The summed E-state index contributed by atoms with van der Waals surface area (Å²) in [4.78, 5) is 12.5. The SMILES string of the molecule is Cc1cc(Br)oc1C(=O)NCc1ccccc1-c1ccc(Cn2cccn2)cc1. The van der Waals surface area contributed by atoms with Gasteiger partial charge in [-0.25, -0.2) is 0 Å². The van der Waals surface area contributed by atoms with Crippen molar-refractivity contribution in [3.63, 3.8) is 0 Å². The highest BCUT2D eigenvalue weighted by atomic mass is 79.9. The first-order chi connectivity index (χ1) is 14.1. The van der Waals surface area contributed by atoms with Gasteiger partial charge in [0.2, 0.25) is 0 Å². The maximum absolute atomic E-state index is 12.5. The fourth-order valence-electron chi connectivity index (χ4n) is 3.25. The van der Waals surface area contributed by atoms with Crippen LogP contribution in [0.3, 0.4) is 0 Å². The summed E-state index contributed by atoms with van der Waals surface area (Å²) >= 11 is 3.26. The van der Waals surface area contributed by atoms with Crippen molar-refractivity contribution in [2.24, 2.45) is 0 Å². The predicted octanol–water partition coefficient (Wildman–Crippen LogP) is 5.19. The second-order valence-corrected chi connectivity index (χ2v) is 7.58. The van der Waals surface area contributed by atoms with Crippen LogP contribution in [0.1, 0.15) is 27.2 Å². The Hall–Kier alpha value is -3.12. The van der Waals surface area contributed by atoms with Crippen molar-refractivity contribution in [1.82, 2.24) is 15.1 Å². The van der Waals surface area contributed by atoms with Crippen LogP contribution in [0.2, 0.25) is 0 Å². The van der Waals surface area contributed by atoms with Crippen molar-refractivity contribution in [1.29, 1.82) is 0 Å². The van der Waals surface area contributed by atoms with E-state index < -0.39 is 0 Å². The fourth-order valence-corrected chi connectivity index (χ4v) is 3.76. The lowest BCUT2D eigenvalue weighted by Crippen LogP contribution is -2.23. The van der Waals surface area contributed by atoms with Crippen LogP contribution in [-0.2, 0) is 13.1 Å². The molecule has 2 aromatic heterocycles. The van der Waals surface area contributed by atoms with Crippen molar-refractivity contribution in [2.75, 3.05) is 0 Å². The molecule has 6 heteroatoms. The first-order valence-corrected chi connectivity index (χ1v) is 10.1. The van der Waals surface area contributed by atoms with Gasteiger partial charge in [-0.1, -0.05) is 48.5 Å². The number of amides is 1. The summed E-state index contributed by atoms with van der Waals surface area (Å²) in [5.74, 6) is 0.106. The van der Waals surface area contributed by atoms with E-state index in [1.54, 1.807) is 12.3 Å². The Morgan fingerprint density at radius 2 is 1.93 bits per heavy atom. The average Bonchev–Trinajstić information content (AvgIpc) is 3.36. The minimum absolute atomic E-state index is 0.224. The van der Waals surface area contributed by atoms with Crippen LogP contribution in [0.4, 0.5) is 0 Å². The second kappa shape index (κ2) is 8.49. The van der Waals surface area contributed by atoms with Gasteiger partial charge < -0.3 is 9.73 Å². The lowest BCUT2D eigenvalue weighted by molar-refractivity contribution is 0.0921. The number of carbonyl (C=O) groups excluding carboxylic acids is 1. The quantitative estimate of drug-likeness (QED) is 0.440. The lowest BCUT2D eigenvalue weighted by atomic mass is 9.98. The number of aromatic nitrogens is 2. The van der Waals surface area contributed by atoms with E-state index in [-0.39, 0.29) is 5.91 Å². The highest BCUT2D eigenvalue weighted by molar-refractivity contribution is 9.10. The van der Waals surface area contributed by atoms with Crippen LogP contribution >= 0.6 is 15.9 Å². The molecule has 2 heterocycles. The maximum Gasteiger partial charge on any atom is 0.287 e. The molecule has 2 aromatic carbocycles. The van der Waals surface area contributed by atoms with Crippen LogP contribution in [-0.4, -0.2) is 15.7 Å². The van der Waals surface area contributed by atoms with Gasteiger partial charge in [-0.15, -0.1) is 0 Å². The van der Waals surface area contributed by atoms with Crippen LogP contribution in [0.5, 0.6) is 0 Å². The van der Waals surface area contributed by atoms with Crippen molar-refractivity contribution in [3.05, 3.63) is 100 Å². The Morgan fingerprint density at radius 1 is 1.14 bits per heavy atom. The normalized spacial score (nSPS) is 10.8. The summed E-state index contributed by atoms with van der Waals surface area (Å²) in [5, 5.41) is 7.20. The standard InChI is InChI=1S/C23H20BrN3O2/c1-16-13-21(24)29-22(16)23(28)25-14-19-5-2-3-6-20(19)18-9-7-17(8-10-18)15-27-12-4-11-26-27/h2-13H,14-15H2,1H3,(H,25,28). The Labute approximate surface area is 177 Å². The number of hydrogen-bond acceptors (Lipinski definition) is 3. The van der Waals surface area contributed by atoms with Crippen molar-refractivity contribution in [2.45, 2.75) is 20.0 Å². The summed E-state index contributed by atoms with van der Waals surface area (Å²) in [6.07, 6.45) is 3.73. The second-order valence-electron chi connectivity index (χ2n) is 6.80. The molecule has 0 atom stereocenters. The molecule has 0 saturated carbocycles. The molecule has 1 amide bonds. The third-order valence-electron chi connectivity index (χ3n) is 4.72. The first kappa shape index (κ1) is 19.2. The number of nitrogens with one attached hydrogen (secondary N) is 1. The summed E-state index contributed by atoms with van der Waals surface area (Å²) in [5.41, 5.74) is 5.23. The van der Waals surface area contributed by atoms with Gasteiger partial charge in [0.1, 0.15) is 0 Å². The highest BCUT2D eigenvalue weighted by Crippen LogP contribution is 2.25. The monoisotopic (exact) mass is 449 g/mol. The van der Waals surface area contributed by atoms with Gasteiger partial charge in [-0.2, -0.15) is 5.10 Å². The van der Waals surface area contributed by atoms with E-state index in [1.807, 2.05) is 42.1 Å². The predicted molar refractivity (Wildman–Crippen MR) is 116 cm³/mol. The molecule has 0 aliphatic carbocycles. The van der Waals surface area contributed by atoms with Crippen LogP contribution in [0.15, 0.2) is 82.1 Å². The van der Waals surface area contributed by atoms with Gasteiger partial charge in [-0.05, 0) is 57.2 Å². The van der Waals surface area contributed by atoms with E-state index >= 15 is 0 Å². The molecule has 29 heavy (non-hydrogen) atoms. The Bertz CT molecular complexity index is 1120. The third kappa shape index (κ3) is 4.49. The van der Waals surface area contributed by atoms with E-state index in [1.165, 1.54) is 5.56 Å². The zero-order valence-corrected chi connectivity index (χ0v) is 17.5. The minimum atomic E-state index is -0.224. The molecular formula is C23H20BrN3O2. The Morgan fingerprint density at radius 3 is 2.62 bits per heavy atom. The van der Waals surface area contributed by atoms with E-state index in [4.69, 9.17) is 4.42 Å². The molecule has 0 spiro atoms.